The summed E-state index contributed by atoms with van der Waals surface area (Å²) in [6, 6.07) is 8.37. The highest BCUT2D eigenvalue weighted by atomic mass is 19.1. The molecule has 0 atom stereocenters. The number of nitrogens with one attached hydrogen (secondary N) is 1. The van der Waals surface area contributed by atoms with Crippen LogP contribution in [0.3, 0.4) is 0 Å². The van der Waals surface area contributed by atoms with E-state index in [4.69, 9.17) is 4.84 Å². The number of aromatic nitrogens is 1. The average Bonchev–Trinajstić information content (AvgIpc) is 3.27. The van der Waals surface area contributed by atoms with Crippen LogP contribution in [-0.2, 0) is 4.84 Å². The van der Waals surface area contributed by atoms with Crippen molar-refractivity contribution in [2.24, 2.45) is 10.1 Å². The highest BCUT2D eigenvalue weighted by Gasteiger charge is 2.30. The van der Waals surface area contributed by atoms with Gasteiger partial charge in [0, 0.05) is 23.0 Å². The van der Waals surface area contributed by atoms with E-state index in [0.29, 0.717) is 45.7 Å². The smallest absolute Gasteiger partial charge is 0.199 e. The molecule has 2 aliphatic rings. The van der Waals surface area contributed by atoms with Crippen LogP contribution >= 0.6 is 0 Å². The van der Waals surface area contributed by atoms with Crippen LogP contribution in [0.25, 0.3) is 10.9 Å². The van der Waals surface area contributed by atoms with Crippen molar-refractivity contribution in [3.63, 3.8) is 0 Å². The van der Waals surface area contributed by atoms with E-state index in [9.17, 15) is 13.9 Å². The molecule has 1 fully saturated rings. The van der Waals surface area contributed by atoms with Gasteiger partial charge in [0.15, 0.2) is 5.88 Å². The van der Waals surface area contributed by atoms with Crippen molar-refractivity contribution in [1.82, 2.24) is 9.88 Å². The molecule has 0 aliphatic carbocycles. The van der Waals surface area contributed by atoms with Gasteiger partial charge in [0.1, 0.15) is 29.7 Å². The maximum Gasteiger partial charge on any atom is 0.199 e. The summed E-state index contributed by atoms with van der Waals surface area (Å²) in [6.07, 6.45) is 3.64. The topological polar surface area (TPSA) is 73.2 Å². The molecule has 5 rings (SSSR count). The number of hydrogen-bond acceptors (Lipinski definition) is 5. The molecule has 3 aromatic rings. The van der Waals surface area contributed by atoms with Crippen molar-refractivity contribution < 1.29 is 18.7 Å². The molecule has 0 amide bonds. The van der Waals surface area contributed by atoms with Gasteiger partial charge in [-0.15, -0.1) is 0 Å². The van der Waals surface area contributed by atoms with Gasteiger partial charge in [-0.3, -0.25) is 4.90 Å². The number of aromatic hydroxyl groups is 1. The standard InChI is InChI=1S/C23H22F2N4O2/c24-14-4-6-18-16(12-14)20(23(30)27-18)22-21(17-13-15(25)5-7-19(17)26-22)28-31-11-10-29-8-2-1-3-9-29/h4-7,12-13,27,30H,1-3,8-11H2/b28-21+. The molecule has 1 aromatic heterocycles. The molecule has 0 unspecified atom stereocenters. The monoisotopic (exact) mass is 424 g/mol. The maximum absolute atomic E-state index is 14.0. The van der Waals surface area contributed by atoms with Crippen molar-refractivity contribution in [1.29, 1.82) is 0 Å². The predicted molar refractivity (Wildman–Crippen MR) is 115 cm³/mol. The first kappa shape index (κ1) is 19.7. The van der Waals surface area contributed by atoms with Crippen LogP contribution < -0.4 is 0 Å². The number of oxime groups is 1. The summed E-state index contributed by atoms with van der Waals surface area (Å²) in [4.78, 5) is 15.3. The van der Waals surface area contributed by atoms with Crippen molar-refractivity contribution >= 4 is 28.0 Å². The number of rotatable bonds is 5. The highest BCUT2D eigenvalue weighted by Crippen LogP contribution is 2.36. The zero-order chi connectivity index (χ0) is 21.4. The van der Waals surface area contributed by atoms with Crippen LogP contribution in [0.1, 0.15) is 30.4 Å². The minimum atomic E-state index is -0.439. The van der Waals surface area contributed by atoms with Crippen molar-refractivity contribution in [2.45, 2.75) is 19.3 Å². The molecule has 0 bridgehead atoms. The molecule has 31 heavy (non-hydrogen) atoms. The lowest BCUT2D eigenvalue weighted by molar-refractivity contribution is 0.103. The molecule has 2 aliphatic heterocycles. The summed E-state index contributed by atoms with van der Waals surface area (Å²) in [5.41, 5.74) is 2.48. The van der Waals surface area contributed by atoms with Gasteiger partial charge in [-0.2, -0.15) is 0 Å². The Kier molecular flexibility index (Phi) is 5.15. The first-order chi connectivity index (χ1) is 15.1. The zero-order valence-electron chi connectivity index (χ0n) is 16.9. The summed E-state index contributed by atoms with van der Waals surface area (Å²) in [5, 5.41) is 15.3. The van der Waals surface area contributed by atoms with Crippen LogP contribution in [0, 0.1) is 11.6 Å². The molecule has 0 saturated carbocycles. The van der Waals surface area contributed by atoms with Crippen molar-refractivity contribution in [2.75, 3.05) is 26.2 Å². The fraction of sp³-hybridized carbons (Fsp3) is 0.304. The number of aromatic amines is 1. The largest absolute Gasteiger partial charge is 0.494 e. The van der Waals surface area contributed by atoms with Crippen LogP contribution in [0.5, 0.6) is 5.88 Å². The molecule has 6 nitrogen and oxygen atoms in total. The molecular weight excluding hydrogens is 402 g/mol. The SMILES string of the molecule is Oc1[nH]c2ccc(F)cc2c1C1=Nc2ccc(F)cc2/C1=N\OCCN1CCCCC1. The van der Waals surface area contributed by atoms with Gasteiger partial charge in [-0.25, -0.2) is 13.8 Å². The van der Waals surface area contributed by atoms with Gasteiger partial charge in [0.25, 0.3) is 0 Å². The highest BCUT2D eigenvalue weighted by molar-refractivity contribution is 6.58. The number of piperidine rings is 1. The van der Waals surface area contributed by atoms with Gasteiger partial charge in [0.2, 0.25) is 0 Å². The van der Waals surface area contributed by atoms with E-state index in [0.717, 1.165) is 19.6 Å². The van der Waals surface area contributed by atoms with Gasteiger partial charge in [0.05, 0.1) is 11.3 Å². The Morgan fingerprint density at radius 1 is 1.06 bits per heavy atom. The van der Waals surface area contributed by atoms with Crippen LogP contribution in [0.4, 0.5) is 14.5 Å². The van der Waals surface area contributed by atoms with Gasteiger partial charge in [-0.05, 0) is 62.3 Å². The summed E-state index contributed by atoms with van der Waals surface area (Å²) in [6.45, 7) is 3.24. The van der Waals surface area contributed by atoms with Crippen molar-refractivity contribution in [3.05, 3.63) is 59.2 Å². The number of likely N-dealkylation sites (tertiary alicyclic amines) is 1. The first-order valence-corrected chi connectivity index (χ1v) is 10.4. The normalized spacial score (nSPS) is 17.9. The first-order valence-electron chi connectivity index (χ1n) is 10.4. The zero-order valence-corrected chi connectivity index (χ0v) is 16.9. The average molecular weight is 424 g/mol. The third-order valence-electron chi connectivity index (χ3n) is 5.75. The lowest BCUT2D eigenvalue weighted by atomic mass is 10.0. The fourth-order valence-corrected chi connectivity index (χ4v) is 4.22. The number of benzene rings is 2. The second-order valence-electron chi connectivity index (χ2n) is 7.84. The molecule has 3 heterocycles. The summed E-state index contributed by atoms with van der Waals surface area (Å²) < 4.78 is 27.9. The minimum Gasteiger partial charge on any atom is -0.494 e. The molecule has 8 heteroatoms. The summed E-state index contributed by atoms with van der Waals surface area (Å²) >= 11 is 0. The second-order valence-corrected chi connectivity index (χ2v) is 7.84. The van der Waals surface area contributed by atoms with Gasteiger partial charge in [-0.1, -0.05) is 11.6 Å². The number of nitrogens with zero attached hydrogens (tertiary/aromatic N) is 3. The lowest BCUT2D eigenvalue weighted by Gasteiger charge is -2.25. The number of hydrogen-bond donors (Lipinski definition) is 2. The molecule has 1 saturated heterocycles. The van der Waals surface area contributed by atoms with E-state index in [1.807, 2.05) is 0 Å². The predicted octanol–water partition coefficient (Wildman–Crippen LogP) is 4.49. The summed E-state index contributed by atoms with van der Waals surface area (Å²) in [5.74, 6) is -1.02. The molecule has 0 radical (unpaired) electrons. The van der Waals surface area contributed by atoms with E-state index in [2.05, 4.69) is 20.0 Å². The number of fused-ring (bicyclic) bond motifs is 2. The van der Waals surface area contributed by atoms with Crippen LogP contribution in [0.15, 0.2) is 46.5 Å². The van der Waals surface area contributed by atoms with Crippen LogP contribution in [-0.4, -0.2) is 52.7 Å². The van der Waals surface area contributed by atoms with Gasteiger partial charge >= 0.3 is 0 Å². The van der Waals surface area contributed by atoms with Crippen LogP contribution in [0.2, 0.25) is 0 Å². The third-order valence-corrected chi connectivity index (χ3v) is 5.75. The quantitative estimate of drug-likeness (QED) is 0.468. The van der Waals surface area contributed by atoms with E-state index in [1.54, 1.807) is 12.1 Å². The molecule has 160 valence electrons. The minimum absolute atomic E-state index is 0.159. The van der Waals surface area contributed by atoms with Gasteiger partial charge < -0.3 is 14.9 Å². The Hall–Kier alpha value is -3.26. The molecular formula is C23H22F2N4O2. The summed E-state index contributed by atoms with van der Waals surface area (Å²) in [7, 11) is 0. The Balaban J connectivity index is 1.49. The lowest BCUT2D eigenvalue weighted by Crippen LogP contribution is -2.32. The third kappa shape index (κ3) is 3.79. The Morgan fingerprint density at radius 3 is 2.68 bits per heavy atom. The Labute approximate surface area is 177 Å². The second kappa shape index (κ2) is 8.11. The van der Waals surface area contributed by atoms with E-state index in [1.165, 1.54) is 43.5 Å². The van der Waals surface area contributed by atoms with E-state index in [-0.39, 0.29) is 5.88 Å². The number of H-pyrrole nitrogens is 1. The maximum atomic E-state index is 14.0. The number of halogens is 2. The Morgan fingerprint density at radius 2 is 1.84 bits per heavy atom. The Bertz CT molecular complexity index is 1200. The molecule has 2 N–H and O–H groups in total. The fourth-order valence-electron chi connectivity index (χ4n) is 4.22. The van der Waals surface area contributed by atoms with Crippen molar-refractivity contribution in [3.8, 4) is 5.88 Å². The van der Waals surface area contributed by atoms with E-state index < -0.39 is 11.6 Å². The molecule has 2 aromatic carbocycles. The molecule has 0 spiro atoms. The van der Waals surface area contributed by atoms with E-state index >= 15 is 0 Å². The number of aliphatic imine (C=N–C) groups is 1.